The molecule has 0 bridgehead atoms. The molecule has 1 N–H and O–H groups in total. The molecule has 1 aliphatic heterocycles. The summed E-state index contributed by atoms with van der Waals surface area (Å²) in [7, 11) is 3.81. The number of aliphatic hydroxyl groups is 1. The molecule has 1 unspecified atom stereocenters. The number of aliphatic hydroxyl groups excluding tert-OH is 1. The number of likely N-dealkylation sites (N-methyl/N-ethyl adjacent to an activating group) is 1. The monoisotopic (exact) mass is 466 g/mol. The van der Waals surface area contributed by atoms with Gasteiger partial charge in [0.25, 0.3) is 11.7 Å². The summed E-state index contributed by atoms with van der Waals surface area (Å²) >= 11 is 0. The molecule has 1 saturated heterocycles. The minimum absolute atomic E-state index is 0.0653. The Bertz CT molecular complexity index is 1030. The lowest BCUT2D eigenvalue weighted by Gasteiger charge is -2.27. The first kappa shape index (κ1) is 25.3. The smallest absolute Gasteiger partial charge is 0.295 e. The van der Waals surface area contributed by atoms with E-state index in [-0.39, 0.29) is 11.3 Å². The number of para-hydroxylation sites is 1. The molecule has 0 aromatic heterocycles. The highest BCUT2D eigenvalue weighted by Crippen LogP contribution is 2.42. The molecule has 1 atom stereocenters. The maximum absolute atomic E-state index is 13.2. The first-order valence-electron chi connectivity index (χ1n) is 11.8. The van der Waals surface area contributed by atoms with Crippen LogP contribution in [0.4, 0.5) is 0 Å². The number of Topliss-reactive ketones (excluding diaryl/α,β-unsaturated/α-hetero) is 1. The molecule has 2 aromatic rings. The van der Waals surface area contributed by atoms with Crippen LogP contribution in [0.5, 0.6) is 11.5 Å². The second-order valence-electron chi connectivity index (χ2n) is 8.49. The van der Waals surface area contributed by atoms with Crippen molar-refractivity contribution in [3.8, 4) is 11.5 Å². The van der Waals surface area contributed by atoms with E-state index >= 15 is 0 Å². The number of carbonyl (C=O) groups excluding carboxylic acids is 2. The van der Waals surface area contributed by atoms with Crippen LogP contribution in [0.3, 0.4) is 0 Å². The van der Waals surface area contributed by atoms with Gasteiger partial charge in [0.2, 0.25) is 0 Å². The van der Waals surface area contributed by atoms with E-state index in [1.165, 1.54) is 4.90 Å². The Balaban J connectivity index is 2.06. The number of unbranched alkanes of at least 4 members (excludes halogenated alkanes) is 1. The van der Waals surface area contributed by atoms with Crippen LogP contribution in [0.25, 0.3) is 5.76 Å². The van der Waals surface area contributed by atoms with Gasteiger partial charge in [-0.25, -0.2) is 0 Å². The molecule has 7 nitrogen and oxygen atoms in total. The zero-order chi connectivity index (χ0) is 24.7. The fourth-order valence-electron chi connectivity index (χ4n) is 3.93. The van der Waals surface area contributed by atoms with Gasteiger partial charge in [0.1, 0.15) is 17.3 Å². The summed E-state index contributed by atoms with van der Waals surface area (Å²) in [5.41, 5.74) is 1.19. The van der Waals surface area contributed by atoms with Crippen molar-refractivity contribution >= 4 is 17.4 Å². The van der Waals surface area contributed by atoms with Gasteiger partial charge in [-0.2, -0.15) is 0 Å². The molecule has 1 aliphatic rings. The van der Waals surface area contributed by atoms with E-state index in [1.54, 1.807) is 24.3 Å². The predicted molar refractivity (Wildman–Crippen MR) is 132 cm³/mol. The summed E-state index contributed by atoms with van der Waals surface area (Å²) in [6, 6.07) is 13.5. The summed E-state index contributed by atoms with van der Waals surface area (Å²) < 4.78 is 11.5. The number of carbonyl (C=O) groups is 2. The van der Waals surface area contributed by atoms with Gasteiger partial charge in [-0.1, -0.05) is 31.5 Å². The SMILES string of the molecule is CCCCOc1ccc(/C(O)=C2\C(=O)C(=O)N(CCN(C)C)C2c2ccccc2OCC)cc1. The molecule has 2 aromatic carbocycles. The fourth-order valence-corrected chi connectivity index (χ4v) is 3.93. The quantitative estimate of drug-likeness (QED) is 0.231. The van der Waals surface area contributed by atoms with Gasteiger partial charge in [0.15, 0.2) is 0 Å². The van der Waals surface area contributed by atoms with E-state index in [2.05, 4.69) is 6.92 Å². The topological polar surface area (TPSA) is 79.3 Å². The first-order chi connectivity index (χ1) is 16.4. The molecule has 0 aliphatic carbocycles. The lowest BCUT2D eigenvalue weighted by atomic mass is 9.94. The molecule has 1 fully saturated rings. The third kappa shape index (κ3) is 5.59. The van der Waals surface area contributed by atoms with Crippen molar-refractivity contribution in [1.29, 1.82) is 0 Å². The third-order valence-corrected chi connectivity index (χ3v) is 5.74. The Labute approximate surface area is 201 Å². The van der Waals surface area contributed by atoms with Crippen molar-refractivity contribution < 1.29 is 24.2 Å². The van der Waals surface area contributed by atoms with Gasteiger partial charge >= 0.3 is 0 Å². The molecular formula is C27H34N2O5. The molecular weight excluding hydrogens is 432 g/mol. The van der Waals surface area contributed by atoms with Crippen LogP contribution >= 0.6 is 0 Å². The van der Waals surface area contributed by atoms with Gasteiger partial charge < -0.3 is 24.4 Å². The second-order valence-corrected chi connectivity index (χ2v) is 8.49. The molecule has 182 valence electrons. The molecule has 34 heavy (non-hydrogen) atoms. The second kappa shape index (κ2) is 11.7. The van der Waals surface area contributed by atoms with Gasteiger partial charge in [-0.05, 0) is 57.8 Å². The Morgan fingerprint density at radius 3 is 2.38 bits per heavy atom. The highest BCUT2D eigenvalue weighted by molar-refractivity contribution is 6.46. The van der Waals surface area contributed by atoms with Crippen molar-refractivity contribution in [2.75, 3.05) is 40.4 Å². The van der Waals surface area contributed by atoms with Crippen LogP contribution in [0.2, 0.25) is 0 Å². The molecule has 0 spiro atoms. The van der Waals surface area contributed by atoms with E-state index in [0.717, 1.165) is 12.8 Å². The van der Waals surface area contributed by atoms with Gasteiger partial charge in [-0.15, -0.1) is 0 Å². The van der Waals surface area contributed by atoms with Gasteiger partial charge in [0, 0.05) is 24.2 Å². The Morgan fingerprint density at radius 2 is 1.74 bits per heavy atom. The zero-order valence-electron chi connectivity index (χ0n) is 20.4. The Morgan fingerprint density at radius 1 is 1.03 bits per heavy atom. The van der Waals surface area contributed by atoms with Crippen LogP contribution in [-0.4, -0.2) is 67.0 Å². The minimum Gasteiger partial charge on any atom is -0.507 e. The average molecular weight is 467 g/mol. The number of hydrogen-bond donors (Lipinski definition) is 1. The van der Waals surface area contributed by atoms with E-state index in [4.69, 9.17) is 9.47 Å². The van der Waals surface area contributed by atoms with Crippen molar-refractivity contribution in [3.63, 3.8) is 0 Å². The number of amides is 1. The van der Waals surface area contributed by atoms with E-state index in [9.17, 15) is 14.7 Å². The highest BCUT2D eigenvalue weighted by atomic mass is 16.5. The average Bonchev–Trinajstić information content (AvgIpc) is 3.08. The fraction of sp³-hybridized carbons (Fsp3) is 0.407. The number of ketones is 1. The Kier molecular flexibility index (Phi) is 8.71. The molecule has 1 amide bonds. The molecule has 0 radical (unpaired) electrons. The summed E-state index contributed by atoms with van der Waals surface area (Å²) in [5.74, 6) is -0.260. The van der Waals surface area contributed by atoms with E-state index in [1.807, 2.05) is 50.2 Å². The number of benzene rings is 2. The van der Waals surface area contributed by atoms with Crippen LogP contribution < -0.4 is 9.47 Å². The Hall–Kier alpha value is -3.32. The minimum atomic E-state index is -0.747. The lowest BCUT2D eigenvalue weighted by Crippen LogP contribution is -2.35. The zero-order valence-corrected chi connectivity index (χ0v) is 20.4. The largest absolute Gasteiger partial charge is 0.507 e. The normalized spacial score (nSPS) is 17.4. The van der Waals surface area contributed by atoms with Crippen LogP contribution in [-0.2, 0) is 9.59 Å². The summed E-state index contributed by atoms with van der Waals surface area (Å²) in [4.78, 5) is 29.7. The van der Waals surface area contributed by atoms with E-state index < -0.39 is 17.7 Å². The predicted octanol–water partition coefficient (Wildman–Crippen LogP) is 4.25. The van der Waals surface area contributed by atoms with Gasteiger partial charge in [0.05, 0.1) is 24.8 Å². The van der Waals surface area contributed by atoms with Crippen molar-refractivity contribution in [1.82, 2.24) is 9.80 Å². The number of hydrogen-bond acceptors (Lipinski definition) is 6. The van der Waals surface area contributed by atoms with Crippen molar-refractivity contribution in [2.24, 2.45) is 0 Å². The maximum Gasteiger partial charge on any atom is 0.295 e. The lowest BCUT2D eigenvalue weighted by molar-refractivity contribution is -0.140. The number of rotatable bonds is 11. The number of ether oxygens (including phenoxy) is 2. The van der Waals surface area contributed by atoms with Crippen LogP contribution in [0, 0.1) is 0 Å². The third-order valence-electron chi connectivity index (χ3n) is 5.74. The van der Waals surface area contributed by atoms with Crippen molar-refractivity contribution in [2.45, 2.75) is 32.7 Å². The first-order valence-corrected chi connectivity index (χ1v) is 11.8. The molecule has 0 saturated carbocycles. The number of nitrogens with zero attached hydrogens (tertiary/aromatic N) is 2. The van der Waals surface area contributed by atoms with Crippen LogP contribution in [0.1, 0.15) is 43.9 Å². The summed E-state index contributed by atoms with van der Waals surface area (Å²) in [6.45, 7) is 5.94. The van der Waals surface area contributed by atoms with Crippen molar-refractivity contribution in [3.05, 3.63) is 65.2 Å². The number of likely N-dealkylation sites (tertiary alicyclic amines) is 1. The van der Waals surface area contributed by atoms with Crippen LogP contribution in [0.15, 0.2) is 54.1 Å². The summed E-state index contributed by atoms with van der Waals surface area (Å²) in [6.07, 6.45) is 1.99. The molecule has 7 heteroatoms. The summed E-state index contributed by atoms with van der Waals surface area (Å²) in [5, 5.41) is 11.2. The van der Waals surface area contributed by atoms with E-state index in [0.29, 0.717) is 48.9 Å². The highest BCUT2D eigenvalue weighted by Gasteiger charge is 2.46. The molecule has 3 rings (SSSR count). The molecule has 1 heterocycles. The standard InChI is InChI=1S/C27H34N2O5/c1-5-7-18-34-20-14-12-19(13-15-20)25(30)23-24(21-10-8-9-11-22(21)33-6-2)29(17-16-28(3)4)27(32)26(23)31/h8-15,24,30H,5-7,16-18H2,1-4H3/b25-23+. The maximum atomic E-state index is 13.2. The van der Waals surface area contributed by atoms with Gasteiger partial charge in [-0.3, -0.25) is 9.59 Å².